The zero-order valence-corrected chi connectivity index (χ0v) is 16.1. The van der Waals surface area contributed by atoms with Crippen LogP contribution in [0.5, 0.6) is 0 Å². The molecule has 0 amide bonds. The van der Waals surface area contributed by atoms with E-state index < -0.39 is 80.6 Å². The SMILES string of the molecule is CCC(C)C(=O)OC[C@H]1O[C@H](O[C@H]2O[C@H](CO)[C@@H](O)[C@H](O)[C@H]2O)[C@H](O)[C@@H](O)[C@@H]1O. The van der Waals surface area contributed by atoms with Crippen LogP contribution in [-0.4, -0.2) is 116 Å². The van der Waals surface area contributed by atoms with Crippen molar-refractivity contribution < 1.29 is 59.5 Å². The molecule has 12 nitrogen and oxygen atoms in total. The van der Waals surface area contributed by atoms with Gasteiger partial charge in [-0.2, -0.15) is 0 Å². The van der Waals surface area contributed by atoms with Gasteiger partial charge in [-0.15, -0.1) is 0 Å². The maximum atomic E-state index is 11.8. The Morgan fingerprint density at radius 1 is 0.862 bits per heavy atom. The molecule has 0 spiro atoms. The van der Waals surface area contributed by atoms with E-state index in [-0.39, 0.29) is 5.92 Å². The number of hydrogen-bond acceptors (Lipinski definition) is 12. The van der Waals surface area contributed by atoms with Gasteiger partial charge in [-0.1, -0.05) is 13.8 Å². The van der Waals surface area contributed by atoms with Crippen molar-refractivity contribution in [1.29, 1.82) is 0 Å². The summed E-state index contributed by atoms with van der Waals surface area (Å²) < 4.78 is 20.9. The zero-order chi connectivity index (χ0) is 21.9. The highest BCUT2D eigenvalue weighted by molar-refractivity contribution is 5.71. The van der Waals surface area contributed by atoms with Crippen LogP contribution in [0.4, 0.5) is 0 Å². The summed E-state index contributed by atoms with van der Waals surface area (Å²) in [4.78, 5) is 11.8. The Kier molecular flexibility index (Phi) is 8.72. The zero-order valence-electron chi connectivity index (χ0n) is 16.1. The van der Waals surface area contributed by atoms with Crippen LogP contribution < -0.4 is 0 Å². The van der Waals surface area contributed by atoms with Crippen LogP contribution in [-0.2, 0) is 23.7 Å². The van der Waals surface area contributed by atoms with Gasteiger partial charge in [-0.3, -0.25) is 4.79 Å². The van der Waals surface area contributed by atoms with Gasteiger partial charge in [0.1, 0.15) is 55.4 Å². The molecule has 0 aliphatic carbocycles. The molecule has 0 saturated carbocycles. The first kappa shape index (κ1) is 24.3. The highest BCUT2D eigenvalue weighted by Crippen LogP contribution is 2.28. The van der Waals surface area contributed by atoms with Crippen molar-refractivity contribution in [3.05, 3.63) is 0 Å². The van der Waals surface area contributed by atoms with E-state index in [1.807, 2.05) is 0 Å². The minimum atomic E-state index is -1.76. The van der Waals surface area contributed by atoms with Crippen molar-refractivity contribution in [1.82, 2.24) is 0 Å². The van der Waals surface area contributed by atoms with Crippen LogP contribution in [0.2, 0.25) is 0 Å². The number of aliphatic hydroxyl groups excluding tert-OH is 7. The lowest BCUT2D eigenvalue weighted by atomic mass is 9.98. The van der Waals surface area contributed by atoms with E-state index in [4.69, 9.17) is 18.9 Å². The summed E-state index contributed by atoms with van der Waals surface area (Å²) in [5, 5.41) is 69.1. The van der Waals surface area contributed by atoms with Crippen molar-refractivity contribution in [2.75, 3.05) is 13.2 Å². The molecular weight excluding hydrogens is 396 g/mol. The average Bonchev–Trinajstić information content (AvgIpc) is 2.72. The standard InChI is InChI=1S/C17H30O12/c1-3-6(2)15(25)26-5-8-10(20)12(22)14(24)17(28-8)29-16-13(23)11(21)9(19)7(4-18)27-16/h6-14,16-24H,3-5H2,1-2H3/t6?,7-,8-,9-,10-,11+,12+,13-,14-,16-,17-/m1/s1. The van der Waals surface area contributed by atoms with Crippen molar-refractivity contribution in [2.24, 2.45) is 5.92 Å². The van der Waals surface area contributed by atoms with E-state index in [9.17, 15) is 40.5 Å². The van der Waals surface area contributed by atoms with Crippen LogP contribution in [0.15, 0.2) is 0 Å². The molecule has 11 atom stereocenters. The number of esters is 1. The van der Waals surface area contributed by atoms with Gasteiger partial charge < -0.3 is 54.7 Å². The maximum absolute atomic E-state index is 11.8. The lowest BCUT2D eigenvalue weighted by Crippen LogP contribution is -2.63. The predicted octanol–water partition coefficient (Wildman–Crippen LogP) is -3.80. The summed E-state index contributed by atoms with van der Waals surface area (Å²) in [6.07, 6.45) is -15.4. The minimum absolute atomic E-state index is 0.382. The summed E-state index contributed by atoms with van der Waals surface area (Å²) >= 11 is 0. The van der Waals surface area contributed by atoms with Gasteiger partial charge in [-0.25, -0.2) is 0 Å². The van der Waals surface area contributed by atoms with Gasteiger partial charge in [0.05, 0.1) is 12.5 Å². The summed E-state index contributed by atoms with van der Waals surface area (Å²) in [5.74, 6) is -0.914. The van der Waals surface area contributed by atoms with E-state index in [1.54, 1.807) is 13.8 Å². The molecule has 12 heteroatoms. The van der Waals surface area contributed by atoms with Crippen LogP contribution in [0.3, 0.4) is 0 Å². The fraction of sp³-hybridized carbons (Fsp3) is 0.941. The first-order valence-corrected chi connectivity index (χ1v) is 9.44. The van der Waals surface area contributed by atoms with Gasteiger partial charge in [0.15, 0.2) is 12.6 Å². The molecule has 2 fully saturated rings. The maximum Gasteiger partial charge on any atom is 0.308 e. The Hall–Kier alpha value is -0.930. The van der Waals surface area contributed by atoms with Crippen molar-refractivity contribution in [3.63, 3.8) is 0 Å². The van der Waals surface area contributed by atoms with Crippen molar-refractivity contribution in [3.8, 4) is 0 Å². The molecule has 0 aromatic carbocycles. The van der Waals surface area contributed by atoms with E-state index in [1.165, 1.54) is 0 Å². The molecule has 2 saturated heterocycles. The minimum Gasteiger partial charge on any atom is -0.463 e. The largest absolute Gasteiger partial charge is 0.463 e. The third-order valence-corrected chi connectivity index (χ3v) is 5.19. The predicted molar refractivity (Wildman–Crippen MR) is 91.9 cm³/mol. The fourth-order valence-corrected chi connectivity index (χ4v) is 2.95. The molecule has 2 aliphatic rings. The normalized spacial score (nSPS) is 44.3. The highest BCUT2D eigenvalue weighted by Gasteiger charge is 2.49. The van der Waals surface area contributed by atoms with Gasteiger partial charge in [0.2, 0.25) is 0 Å². The topological polar surface area (TPSA) is 196 Å². The number of ether oxygens (including phenoxy) is 4. The molecule has 0 bridgehead atoms. The van der Waals surface area contributed by atoms with Crippen molar-refractivity contribution >= 4 is 5.97 Å². The molecular formula is C17H30O12. The molecule has 0 radical (unpaired) electrons. The monoisotopic (exact) mass is 426 g/mol. The smallest absolute Gasteiger partial charge is 0.308 e. The van der Waals surface area contributed by atoms with Gasteiger partial charge >= 0.3 is 5.97 Å². The molecule has 0 aromatic heterocycles. The highest BCUT2D eigenvalue weighted by atomic mass is 16.8. The van der Waals surface area contributed by atoms with E-state index >= 15 is 0 Å². The van der Waals surface area contributed by atoms with Gasteiger partial charge in [-0.05, 0) is 6.42 Å². The third-order valence-electron chi connectivity index (χ3n) is 5.19. The fourth-order valence-electron chi connectivity index (χ4n) is 2.95. The van der Waals surface area contributed by atoms with Crippen LogP contribution in [0.25, 0.3) is 0 Å². The van der Waals surface area contributed by atoms with Crippen LogP contribution >= 0.6 is 0 Å². The lowest BCUT2D eigenvalue weighted by molar-refractivity contribution is -0.376. The van der Waals surface area contributed by atoms with E-state index in [0.717, 1.165) is 0 Å². The Morgan fingerprint density at radius 2 is 1.34 bits per heavy atom. The van der Waals surface area contributed by atoms with Crippen LogP contribution in [0, 0.1) is 5.92 Å². The average molecular weight is 426 g/mol. The summed E-state index contributed by atoms with van der Waals surface area (Å²) in [5.41, 5.74) is 0. The third kappa shape index (κ3) is 5.41. The summed E-state index contributed by atoms with van der Waals surface area (Å²) in [7, 11) is 0. The number of carbonyl (C=O) groups excluding carboxylic acids is 1. The molecule has 2 aliphatic heterocycles. The van der Waals surface area contributed by atoms with E-state index in [2.05, 4.69) is 0 Å². The van der Waals surface area contributed by atoms with Crippen molar-refractivity contribution in [2.45, 2.75) is 81.7 Å². The summed E-state index contributed by atoms with van der Waals surface area (Å²) in [6.45, 7) is 2.34. The Morgan fingerprint density at radius 3 is 1.83 bits per heavy atom. The molecule has 2 heterocycles. The second kappa shape index (κ2) is 10.4. The number of carbonyl (C=O) groups is 1. The Bertz CT molecular complexity index is 531. The second-order valence-electron chi connectivity index (χ2n) is 7.29. The summed E-state index contributed by atoms with van der Waals surface area (Å²) in [6, 6.07) is 0. The quantitative estimate of drug-likeness (QED) is 0.196. The molecule has 7 N–H and O–H groups in total. The lowest BCUT2D eigenvalue weighted by Gasteiger charge is -2.44. The van der Waals surface area contributed by atoms with E-state index in [0.29, 0.717) is 6.42 Å². The van der Waals surface area contributed by atoms with Gasteiger partial charge in [0.25, 0.3) is 0 Å². The second-order valence-corrected chi connectivity index (χ2v) is 7.29. The molecule has 0 aromatic rings. The molecule has 1 unspecified atom stereocenters. The molecule has 29 heavy (non-hydrogen) atoms. The first-order chi connectivity index (χ1) is 13.6. The first-order valence-electron chi connectivity index (χ1n) is 9.44. The molecule has 170 valence electrons. The number of hydrogen-bond donors (Lipinski definition) is 7. The molecule has 2 rings (SSSR count). The Balaban J connectivity index is 2.04. The van der Waals surface area contributed by atoms with Crippen LogP contribution in [0.1, 0.15) is 20.3 Å². The van der Waals surface area contributed by atoms with Gasteiger partial charge in [0, 0.05) is 0 Å². The number of aliphatic hydroxyl groups is 7. The Labute approximate surface area is 167 Å². The number of rotatable bonds is 7.